The number of rotatable bonds is 3. The van der Waals surface area contributed by atoms with Crippen LogP contribution in [0.4, 0.5) is 4.39 Å². The Balaban J connectivity index is 1.97. The van der Waals surface area contributed by atoms with E-state index in [0.29, 0.717) is 24.9 Å². The first-order valence-corrected chi connectivity index (χ1v) is 8.90. The molecule has 0 unspecified atom stereocenters. The van der Waals surface area contributed by atoms with Crippen LogP contribution in [0.25, 0.3) is 0 Å². The molecule has 0 radical (unpaired) electrons. The predicted octanol–water partition coefficient (Wildman–Crippen LogP) is 1.44. The maximum absolute atomic E-state index is 13.7. The van der Waals surface area contributed by atoms with Gasteiger partial charge in [-0.05, 0) is 53.0 Å². The van der Waals surface area contributed by atoms with Crippen molar-refractivity contribution >= 4 is 26.0 Å². The van der Waals surface area contributed by atoms with Crippen LogP contribution in [-0.2, 0) is 10.0 Å². The van der Waals surface area contributed by atoms with Gasteiger partial charge in [-0.25, -0.2) is 12.8 Å². The zero-order valence-electron chi connectivity index (χ0n) is 11.5. The molecule has 2 aliphatic rings. The number of sulfonamides is 1. The third-order valence-corrected chi connectivity index (χ3v) is 6.64. The minimum absolute atomic E-state index is 0.112. The summed E-state index contributed by atoms with van der Waals surface area (Å²) >= 11 is 3.04. The molecule has 2 aliphatic heterocycles. The predicted molar refractivity (Wildman–Crippen MR) is 79.3 cm³/mol. The normalized spacial score (nSPS) is 26.0. The quantitative estimate of drug-likeness (QED) is 0.864. The summed E-state index contributed by atoms with van der Waals surface area (Å²) in [4.78, 5) is -0.112. The topological polar surface area (TPSA) is 58.6 Å². The van der Waals surface area contributed by atoms with Gasteiger partial charge in [-0.2, -0.15) is 4.31 Å². The molecule has 2 fully saturated rings. The number of fused-ring (bicyclic) bond motifs is 1. The number of halogens is 2. The summed E-state index contributed by atoms with van der Waals surface area (Å²) in [6.07, 6.45) is 0. The third-order valence-electron chi connectivity index (χ3n) is 4.18. The van der Waals surface area contributed by atoms with Crippen molar-refractivity contribution < 1.29 is 17.5 Å². The van der Waals surface area contributed by atoms with Gasteiger partial charge >= 0.3 is 0 Å². The Morgan fingerprint density at radius 2 is 1.95 bits per heavy atom. The molecule has 1 aromatic carbocycles. The zero-order valence-corrected chi connectivity index (χ0v) is 13.9. The largest absolute Gasteiger partial charge is 0.495 e. The zero-order chi connectivity index (χ0) is 15.2. The lowest BCUT2D eigenvalue weighted by Crippen LogP contribution is -2.32. The van der Waals surface area contributed by atoms with Gasteiger partial charge in [-0.1, -0.05) is 0 Å². The van der Waals surface area contributed by atoms with E-state index in [9.17, 15) is 12.8 Å². The molecular formula is C13H16BrFN2O3S. The van der Waals surface area contributed by atoms with E-state index in [1.807, 2.05) is 0 Å². The van der Waals surface area contributed by atoms with E-state index in [1.165, 1.54) is 17.5 Å². The van der Waals surface area contributed by atoms with E-state index in [0.717, 1.165) is 19.2 Å². The highest BCUT2D eigenvalue weighted by atomic mass is 79.9. The Morgan fingerprint density at radius 1 is 1.33 bits per heavy atom. The molecule has 1 aromatic rings. The lowest BCUT2D eigenvalue weighted by atomic mass is 10.0. The van der Waals surface area contributed by atoms with Gasteiger partial charge in [-0.15, -0.1) is 0 Å². The van der Waals surface area contributed by atoms with Gasteiger partial charge in [0, 0.05) is 13.1 Å². The molecule has 0 aliphatic carbocycles. The molecule has 116 valence electrons. The highest BCUT2D eigenvalue weighted by molar-refractivity contribution is 9.10. The SMILES string of the molecule is COc1cc(Br)c(F)cc1S(=O)(=O)N1C[C@H]2CNC[C@H]2C1. The standard InChI is InChI=1S/C13H16BrFN2O3S/c1-20-12-2-10(14)11(15)3-13(12)21(18,19)17-6-8-4-16-5-9(8)7-17/h2-3,8-9,16H,4-7H2,1H3/t8-,9+. The molecule has 1 N–H and O–H groups in total. The minimum Gasteiger partial charge on any atom is -0.495 e. The van der Waals surface area contributed by atoms with Gasteiger partial charge in [0.05, 0.1) is 11.6 Å². The first kappa shape index (κ1) is 15.2. The number of methoxy groups -OCH3 is 1. The fraction of sp³-hybridized carbons (Fsp3) is 0.538. The molecule has 2 saturated heterocycles. The van der Waals surface area contributed by atoms with Crippen molar-refractivity contribution in [2.75, 3.05) is 33.3 Å². The van der Waals surface area contributed by atoms with Crippen LogP contribution >= 0.6 is 15.9 Å². The van der Waals surface area contributed by atoms with Crippen LogP contribution in [0.1, 0.15) is 0 Å². The summed E-state index contributed by atoms with van der Waals surface area (Å²) in [7, 11) is -2.37. The van der Waals surface area contributed by atoms with Crippen LogP contribution < -0.4 is 10.1 Å². The lowest BCUT2D eigenvalue weighted by Gasteiger charge is -2.19. The van der Waals surface area contributed by atoms with Crippen LogP contribution in [0.5, 0.6) is 5.75 Å². The first-order valence-electron chi connectivity index (χ1n) is 6.67. The number of nitrogens with one attached hydrogen (secondary N) is 1. The second-order valence-electron chi connectivity index (χ2n) is 5.42. The van der Waals surface area contributed by atoms with E-state index in [-0.39, 0.29) is 15.1 Å². The van der Waals surface area contributed by atoms with Crippen molar-refractivity contribution in [3.8, 4) is 5.75 Å². The van der Waals surface area contributed by atoms with Crippen LogP contribution in [0.3, 0.4) is 0 Å². The summed E-state index contributed by atoms with van der Waals surface area (Å²) in [5, 5.41) is 3.26. The van der Waals surface area contributed by atoms with Gasteiger partial charge in [0.15, 0.2) is 0 Å². The van der Waals surface area contributed by atoms with Crippen LogP contribution in [0.2, 0.25) is 0 Å². The molecule has 0 spiro atoms. The number of benzene rings is 1. The van der Waals surface area contributed by atoms with Crippen molar-refractivity contribution in [2.24, 2.45) is 11.8 Å². The summed E-state index contributed by atoms with van der Waals surface area (Å²) in [5.74, 6) is 0.214. The van der Waals surface area contributed by atoms with Crippen LogP contribution in [0, 0.1) is 17.7 Å². The molecule has 2 heterocycles. The molecule has 3 rings (SSSR count). The fourth-order valence-corrected chi connectivity index (χ4v) is 5.04. The maximum atomic E-state index is 13.7. The lowest BCUT2D eigenvalue weighted by molar-refractivity contribution is 0.393. The average molecular weight is 379 g/mol. The maximum Gasteiger partial charge on any atom is 0.246 e. The second-order valence-corrected chi connectivity index (χ2v) is 8.18. The Morgan fingerprint density at radius 3 is 2.52 bits per heavy atom. The van der Waals surface area contributed by atoms with Gasteiger partial charge in [0.25, 0.3) is 0 Å². The molecule has 5 nitrogen and oxygen atoms in total. The van der Waals surface area contributed by atoms with Crippen molar-refractivity contribution in [2.45, 2.75) is 4.90 Å². The molecule has 21 heavy (non-hydrogen) atoms. The molecular weight excluding hydrogens is 363 g/mol. The van der Waals surface area contributed by atoms with Crippen molar-refractivity contribution in [3.63, 3.8) is 0 Å². The fourth-order valence-electron chi connectivity index (χ4n) is 3.02. The number of nitrogens with zero attached hydrogens (tertiary/aromatic N) is 1. The van der Waals surface area contributed by atoms with Gasteiger partial charge in [0.2, 0.25) is 10.0 Å². The van der Waals surface area contributed by atoms with E-state index in [4.69, 9.17) is 4.74 Å². The molecule has 0 aromatic heterocycles. The van der Waals surface area contributed by atoms with Crippen molar-refractivity contribution in [3.05, 3.63) is 22.4 Å². The average Bonchev–Trinajstić information content (AvgIpc) is 3.02. The van der Waals surface area contributed by atoms with Crippen LogP contribution in [-0.4, -0.2) is 46.0 Å². The highest BCUT2D eigenvalue weighted by Crippen LogP contribution is 2.36. The van der Waals surface area contributed by atoms with Crippen molar-refractivity contribution in [1.82, 2.24) is 9.62 Å². The van der Waals surface area contributed by atoms with Crippen LogP contribution in [0.15, 0.2) is 21.5 Å². The second kappa shape index (κ2) is 5.49. The van der Waals surface area contributed by atoms with Gasteiger partial charge in [0.1, 0.15) is 16.5 Å². The summed E-state index contributed by atoms with van der Waals surface area (Å²) in [6.45, 7) is 2.62. The molecule has 0 amide bonds. The highest BCUT2D eigenvalue weighted by Gasteiger charge is 2.42. The van der Waals surface area contributed by atoms with Gasteiger partial charge in [-0.3, -0.25) is 0 Å². The smallest absolute Gasteiger partial charge is 0.246 e. The third kappa shape index (κ3) is 2.58. The Bertz CT molecular complexity index is 656. The minimum atomic E-state index is -3.74. The van der Waals surface area contributed by atoms with E-state index in [2.05, 4.69) is 21.2 Å². The summed E-state index contributed by atoms with van der Waals surface area (Å²) in [5.41, 5.74) is 0. The number of hydrogen-bond donors (Lipinski definition) is 1. The summed E-state index contributed by atoms with van der Waals surface area (Å²) < 4.78 is 46.0. The summed E-state index contributed by atoms with van der Waals surface area (Å²) in [6, 6.07) is 2.37. The first-order chi connectivity index (χ1) is 9.93. The Labute approximate surface area is 131 Å². The van der Waals surface area contributed by atoms with Crippen molar-refractivity contribution in [1.29, 1.82) is 0 Å². The monoisotopic (exact) mass is 378 g/mol. The molecule has 0 saturated carbocycles. The molecule has 2 atom stereocenters. The Hall–Kier alpha value is -0.700. The van der Waals surface area contributed by atoms with E-state index in [1.54, 1.807) is 0 Å². The number of hydrogen-bond acceptors (Lipinski definition) is 4. The van der Waals surface area contributed by atoms with E-state index < -0.39 is 15.8 Å². The molecule has 8 heteroatoms. The van der Waals surface area contributed by atoms with Gasteiger partial charge < -0.3 is 10.1 Å². The molecule has 0 bridgehead atoms. The van der Waals surface area contributed by atoms with E-state index >= 15 is 0 Å². The Kier molecular flexibility index (Phi) is 3.98. The number of ether oxygens (including phenoxy) is 1.